The zero-order valence-electron chi connectivity index (χ0n) is 15.3. The van der Waals surface area contributed by atoms with E-state index >= 15 is 0 Å². The van der Waals surface area contributed by atoms with Crippen LogP contribution in [0.2, 0.25) is 0 Å². The van der Waals surface area contributed by atoms with Crippen LogP contribution < -0.4 is 10.1 Å². The molecule has 1 heterocycles. The highest BCUT2D eigenvalue weighted by molar-refractivity contribution is 7.99. The van der Waals surface area contributed by atoms with Gasteiger partial charge in [0.1, 0.15) is 11.6 Å². The van der Waals surface area contributed by atoms with Crippen LogP contribution in [-0.4, -0.2) is 33.4 Å². The monoisotopic (exact) mass is 401 g/mol. The summed E-state index contributed by atoms with van der Waals surface area (Å²) in [4.78, 5) is 16.5. The molecule has 0 aliphatic rings. The molecule has 0 saturated carbocycles. The van der Waals surface area contributed by atoms with Crippen LogP contribution in [0.25, 0.3) is 0 Å². The van der Waals surface area contributed by atoms with Crippen LogP contribution in [0.15, 0.2) is 59.9 Å². The molecule has 0 bridgehead atoms. The Morgan fingerprint density at radius 2 is 1.93 bits per heavy atom. The number of methoxy groups -OCH3 is 1. The van der Waals surface area contributed by atoms with Gasteiger partial charge in [-0.05, 0) is 42.0 Å². The number of imidazole rings is 1. The lowest BCUT2D eigenvalue weighted by Crippen LogP contribution is -2.14. The van der Waals surface area contributed by atoms with Crippen LogP contribution in [0.5, 0.6) is 5.75 Å². The van der Waals surface area contributed by atoms with Crippen molar-refractivity contribution in [3.8, 4) is 5.75 Å². The minimum absolute atomic E-state index is 0.141. The fraction of sp³-hybridized carbons (Fsp3) is 0.200. The van der Waals surface area contributed by atoms with Gasteiger partial charge in [-0.15, -0.1) is 0 Å². The molecular weight excluding hydrogens is 381 g/mol. The summed E-state index contributed by atoms with van der Waals surface area (Å²) in [5, 5.41) is 12.7. The number of nitrogens with one attached hydrogen (secondary N) is 1. The molecule has 0 radical (unpaired) electrons. The van der Waals surface area contributed by atoms with E-state index in [1.165, 1.54) is 36.0 Å². The van der Waals surface area contributed by atoms with E-state index in [4.69, 9.17) is 4.74 Å². The Morgan fingerprint density at radius 3 is 2.57 bits per heavy atom. The van der Waals surface area contributed by atoms with Crippen LogP contribution in [0, 0.1) is 5.82 Å². The smallest absolute Gasteiger partial charge is 0.234 e. The maximum atomic E-state index is 12.9. The summed E-state index contributed by atoms with van der Waals surface area (Å²) in [5.74, 6) is 0.338. The van der Waals surface area contributed by atoms with E-state index in [0.29, 0.717) is 23.1 Å². The fourth-order valence-electron chi connectivity index (χ4n) is 2.54. The summed E-state index contributed by atoms with van der Waals surface area (Å²) in [5.41, 5.74) is 2.11. The highest BCUT2D eigenvalue weighted by atomic mass is 32.2. The number of halogens is 1. The normalized spacial score (nSPS) is 10.7. The minimum atomic E-state index is -0.357. The summed E-state index contributed by atoms with van der Waals surface area (Å²) in [6.45, 7) is 0.379. The van der Waals surface area contributed by atoms with Crippen LogP contribution in [0.3, 0.4) is 0 Å². The Hall–Kier alpha value is -2.84. The molecule has 0 fully saturated rings. The molecule has 2 aromatic carbocycles. The molecule has 0 spiro atoms. The third kappa shape index (κ3) is 5.34. The van der Waals surface area contributed by atoms with Crippen molar-refractivity contribution in [1.29, 1.82) is 0 Å². The number of aliphatic hydroxyl groups excluding tert-OH is 1. The number of hydrogen-bond acceptors (Lipinski definition) is 5. The first-order valence-corrected chi connectivity index (χ1v) is 9.54. The first kappa shape index (κ1) is 19.9. The third-order valence-corrected chi connectivity index (χ3v) is 4.91. The number of rotatable bonds is 8. The summed E-state index contributed by atoms with van der Waals surface area (Å²) in [7, 11) is 1.62. The minimum Gasteiger partial charge on any atom is -0.497 e. The third-order valence-electron chi connectivity index (χ3n) is 3.92. The molecule has 1 aromatic heterocycles. The van der Waals surface area contributed by atoms with Gasteiger partial charge < -0.3 is 19.7 Å². The molecule has 0 unspecified atom stereocenters. The molecule has 8 heteroatoms. The van der Waals surface area contributed by atoms with Crippen LogP contribution >= 0.6 is 11.8 Å². The number of thioether (sulfide) groups is 1. The average Bonchev–Trinajstić information content (AvgIpc) is 3.10. The number of hydrogen-bond donors (Lipinski definition) is 2. The molecule has 0 aliphatic carbocycles. The van der Waals surface area contributed by atoms with Crippen molar-refractivity contribution in [2.45, 2.75) is 18.3 Å². The number of aromatic nitrogens is 2. The van der Waals surface area contributed by atoms with Crippen LogP contribution in [-0.2, 0) is 17.9 Å². The van der Waals surface area contributed by atoms with Crippen molar-refractivity contribution in [2.24, 2.45) is 0 Å². The van der Waals surface area contributed by atoms with E-state index in [9.17, 15) is 14.3 Å². The molecule has 1 amide bonds. The van der Waals surface area contributed by atoms with E-state index in [1.807, 2.05) is 28.8 Å². The molecule has 3 aromatic rings. The number of ether oxygens (including phenoxy) is 1. The average molecular weight is 401 g/mol. The highest BCUT2D eigenvalue weighted by Gasteiger charge is 2.12. The van der Waals surface area contributed by atoms with Crippen molar-refractivity contribution in [3.05, 3.63) is 71.8 Å². The number of amides is 1. The second kappa shape index (κ2) is 9.38. The van der Waals surface area contributed by atoms with E-state index < -0.39 is 0 Å². The zero-order valence-corrected chi connectivity index (χ0v) is 16.1. The van der Waals surface area contributed by atoms with Gasteiger partial charge in [0.15, 0.2) is 5.16 Å². The Balaban J connectivity index is 1.64. The van der Waals surface area contributed by atoms with Gasteiger partial charge >= 0.3 is 0 Å². The zero-order chi connectivity index (χ0) is 19.9. The van der Waals surface area contributed by atoms with Crippen molar-refractivity contribution >= 4 is 23.4 Å². The van der Waals surface area contributed by atoms with E-state index in [-0.39, 0.29) is 24.1 Å². The maximum Gasteiger partial charge on any atom is 0.234 e. The highest BCUT2D eigenvalue weighted by Crippen LogP contribution is 2.21. The van der Waals surface area contributed by atoms with Crippen molar-refractivity contribution in [1.82, 2.24) is 9.55 Å². The molecule has 2 N–H and O–H groups in total. The molecule has 28 heavy (non-hydrogen) atoms. The summed E-state index contributed by atoms with van der Waals surface area (Å²) in [6.07, 6.45) is 1.77. The fourth-order valence-corrected chi connectivity index (χ4v) is 3.34. The summed E-state index contributed by atoms with van der Waals surface area (Å²) >= 11 is 1.27. The molecule has 146 valence electrons. The topological polar surface area (TPSA) is 76.4 Å². The number of carbonyl (C=O) groups excluding carboxylic acids is 1. The molecule has 3 rings (SSSR count). The quantitative estimate of drug-likeness (QED) is 0.567. The standard InChI is InChI=1S/C20H20FN3O3S/c1-27-18-8-2-14(3-9-18)10-24-11-17(12-25)23-20(24)28-13-19(26)22-16-6-4-15(21)5-7-16/h2-9,11,25H,10,12-13H2,1H3,(H,22,26). The summed E-state index contributed by atoms with van der Waals surface area (Å²) in [6, 6.07) is 13.2. The number of nitrogens with zero attached hydrogens (tertiary/aromatic N) is 2. The van der Waals surface area contributed by atoms with Crippen molar-refractivity contribution in [2.75, 3.05) is 18.2 Å². The second-order valence-corrected chi connectivity index (χ2v) is 6.94. The molecule has 6 nitrogen and oxygen atoms in total. The van der Waals surface area contributed by atoms with E-state index in [0.717, 1.165) is 11.3 Å². The van der Waals surface area contributed by atoms with Crippen LogP contribution in [0.4, 0.5) is 10.1 Å². The first-order valence-electron chi connectivity index (χ1n) is 8.55. The Morgan fingerprint density at radius 1 is 1.21 bits per heavy atom. The number of anilines is 1. The molecule has 0 atom stereocenters. The molecule has 0 aliphatic heterocycles. The van der Waals surface area contributed by atoms with Gasteiger partial charge in [0.2, 0.25) is 5.91 Å². The molecule has 0 saturated heterocycles. The lowest BCUT2D eigenvalue weighted by atomic mass is 10.2. The maximum absolute atomic E-state index is 12.9. The van der Waals surface area contributed by atoms with Crippen molar-refractivity contribution in [3.63, 3.8) is 0 Å². The predicted octanol–water partition coefficient (Wildman–Crippen LogP) is 3.30. The predicted molar refractivity (Wildman–Crippen MR) is 106 cm³/mol. The van der Waals surface area contributed by atoms with Gasteiger partial charge in [-0.3, -0.25) is 4.79 Å². The largest absolute Gasteiger partial charge is 0.497 e. The number of aliphatic hydroxyl groups is 1. The number of benzene rings is 2. The van der Waals surface area contributed by atoms with Gasteiger partial charge in [-0.2, -0.15) is 0 Å². The number of carbonyl (C=O) groups is 1. The Kier molecular flexibility index (Phi) is 6.67. The van der Waals surface area contributed by atoms with Crippen LogP contribution in [0.1, 0.15) is 11.3 Å². The second-order valence-electron chi connectivity index (χ2n) is 5.99. The lowest BCUT2D eigenvalue weighted by Gasteiger charge is -2.09. The molecular formula is C20H20FN3O3S. The van der Waals surface area contributed by atoms with Gasteiger partial charge in [-0.25, -0.2) is 9.37 Å². The van der Waals surface area contributed by atoms with Gasteiger partial charge in [0.25, 0.3) is 0 Å². The Bertz CT molecular complexity index is 927. The van der Waals surface area contributed by atoms with Crippen molar-refractivity contribution < 1.29 is 19.0 Å². The van der Waals surface area contributed by atoms with Gasteiger partial charge in [-0.1, -0.05) is 23.9 Å². The van der Waals surface area contributed by atoms with Gasteiger partial charge in [0, 0.05) is 18.4 Å². The SMILES string of the molecule is COc1ccc(Cn2cc(CO)nc2SCC(=O)Nc2ccc(F)cc2)cc1. The Labute approximate surface area is 166 Å². The van der Waals surface area contributed by atoms with Gasteiger partial charge in [0.05, 0.1) is 25.2 Å². The van der Waals surface area contributed by atoms with E-state index in [2.05, 4.69) is 10.3 Å². The summed E-state index contributed by atoms with van der Waals surface area (Å²) < 4.78 is 20.0. The van der Waals surface area contributed by atoms with E-state index in [1.54, 1.807) is 13.3 Å². The first-order chi connectivity index (χ1) is 13.6. The lowest BCUT2D eigenvalue weighted by molar-refractivity contribution is -0.113.